The van der Waals surface area contributed by atoms with E-state index in [-0.39, 0.29) is 5.75 Å². The van der Waals surface area contributed by atoms with Gasteiger partial charge in [0.25, 0.3) is 5.91 Å². The Labute approximate surface area is 170 Å². The summed E-state index contributed by atoms with van der Waals surface area (Å²) < 4.78 is 29.0. The summed E-state index contributed by atoms with van der Waals surface area (Å²) in [7, 11) is 0. The number of ether oxygens (including phenoxy) is 1. The summed E-state index contributed by atoms with van der Waals surface area (Å²) in [5.41, 5.74) is -0.197. The summed E-state index contributed by atoms with van der Waals surface area (Å²) >= 11 is 0. The van der Waals surface area contributed by atoms with E-state index < -0.39 is 24.1 Å². The first kappa shape index (κ1) is 19.5. The van der Waals surface area contributed by atoms with Crippen molar-refractivity contribution in [2.24, 2.45) is 5.10 Å². The van der Waals surface area contributed by atoms with Crippen molar-refractivity contribution in [1.29, 1.82) is 0 Å². The zero-order chi connectivity index (χ0) is 21.3. The van der Waals surface area contributed by atoms with Crippen LogP contribution in [0.2, 0.25) is 0 Å². The van der Waals surface area contributed by atoms with Gasteiger partial charge in [-0.05, 0) is 35.4 Å². The molecule has 8 heteroatoms. The third kappa shape index (κ3) is 3.47. The topological polar surface area (TPSA) is 71.0 Å². The average molecular weight is 409 g/mol. The van der Waals surface area contributed by atoms with Crippen molar-refractivity contribution in [3.8, 4) is 5.75 Å². The Hall–Kier alpha value is -3.81. The Morgan fingerprint density at radius 2 is 1.73 bits per heavy atom. The molecule has 30 heavy (non-hydrogen) atoms. The minimum Gasteiger partial charge on any atom is -0.435 e. The number of alkyl halides is 2. The van der Waals surface area contributed by atoms with E-state index >= 15 is 0 Å². The van der Waals surface area contributed by atoms with E-state index in [0.29, 0.717) is 5.56 Å². The molecular formula is C22H17F2N3O3. The molecule has 1 heterocycles. The van der Waals surface area contributed by atoms with Gasteiger partial charge in [-0.1, -0.05) is 54.6 Å². The molecular weight excluding hydrogens is 392 g/mol. The highest BCUT2D eigenvalue weighted by Crippen LogP contribution is 2.30. The molecule has 0 aromatic heterocycles. The maximum absolute atomic E-state index is 13.0. The van der Waals surface area contributed by atoms with Gasteiger partial charge in [-0.3, -0.25) is 4.79 Å². The average Bonchev–Trinajstić information content (AvgIpc) is 2.95. The second-order valence-corrected chi connectivity index (χ2v) is 6.89. The van der Waals surface area contributed by atoms with Crippen LogP contribution in [0, 0.1) is 0 Å². The Kier molecular flexibility index (Phi) is 4.91. The van der Waals surface area contributed by atoms with Gasteiger partial charge in [0.1, 0.15) is 11.3 Å². The summed E-state index contributed by atoms with van der Waals surface area (Å²) in [6.07, 6.45) is 1.46. The monoisotopic (exact) mass is 409 g/mol. The first-order valence-corrected chi connectivity index (χ1v) is 9.12. The van der Waals surface area contributed by atoms with Crippen LogP contribution in [0.3, 0.4) is 0 Å². The number of fused-ring (bicyclic) bond motifs is 1. The molecule has 1 atom stereocenters. The molecule has 0 spiro atoms. The molecule has 1 aliphatic rings. The van der Waals surface area contributed by atoms with Crippen LogP contribution in [0.5, 0.6) is 5.75 Å². The van der Waals surface area contributed by atoms with Crippen LogP contribution in [0.4, 0.5) is 13.6 Å². The van der Waals surface area contributed by atoms with Crippen molar-refractivity contribution in [2.45, 2.75) is 19.1 Å². The van der Waals surface area contributed by atoms with Crippen LogP contribution in [-0.2, 0) is 10.3 Å². The Morgan fingerprint density at radius 3 is 2.47 bits per heavy atom. The fraction of sp³-hybridized carbons (Fsp3) is 0.136. The van der Waals surface area contributed by atoms with Crippen molar-refractivity contribution in [1.82, 2.24) is 10.3 Å². The number of imide groups is 1. The van der Waals surface area contributed by atoms with Gasteiger partial charge in [0.15, 0.2) is 0 Å². The summed E-state index contributed by atoms with van der Waals surface area (Å²) in [4.78, 5) is 25.4. The molecule has 3 amide bonds. The van der Waals surface area contributed by atoms with Gasteiger partial charge in [0.05, 0.1) is 6.21 Å². The maximum atomic E-state index is 13.0. The predicted molar refractivity (Wildman–Crippen MR) is 107 cm³/mol. The number of carbonyl (C=O) groups excluding carboxylic acids is 2. The minimum absolute atomic E-state index is 0.0417. The Morgan fingerprint density at radius 1 is 1.03 bits per heavy atom. The first-order chi connectivity index (χ1) is 14.4. The van der Waals surface area contributed by atoms with Gasteiger partial charge < -0.3 is 10.1 Å². The van der Waals surface area contributed by atoms with Gasteiger partial charge in [-0.2, -0.15) is 13.9 Å². The third-order valence-corrected chi connectivity index (χ3v) is 4.96. The predicted octanol–water partition coefficient (Wildman–Crippen LogP) is 4.24. The molecule has 152 valence electrons. The third-order valence-electron chi connectivity index (χ3n) is 4.96. The van der Waals surface area contributed by atoms with Gasteiger partial charge in [0.2, 0.25) is 0 Å². The van der Waals surface area contributed by atoms with E-state index in [4.69, 9.17) is 0 Å². The maximum Gasteiger partial charge on any atom is 0.387 e. The standard InChI is InChI=1S/C22H17F2N3O3/c1-22(16-9-11-17(12-10-16)30-20(23)24)19(28)27(21(29)26-22)25-13-15-7-4-6-14-5-2-3-8-18(14)15/h2-13,20H,1H3,(H,26,29)/b25-13+. The fourth-order valence-electron chi connectivity index (χ4n) is 3.38. The fourth-order valence-corrected chi connectivity index (χ4v) is 3.38. The lowest BCUT2D eigenvalue weighted by atomic mass is 9.92. The van der Waals surface area contributed by atoms with Crippen LogP contribution in [0.15, 0.2) is 71.8 Å². The number of carbonyl (C=O) groups is 2. The number of urea groups is 1. The molecule has 4 rings (SSSR count). The Balaban J connectivity index is 1.60. The molecule has 0 aliphatic carbocycles. The first-order valence-electron chi connectivity index (χ1n) is 9.12. The van der Waals surface area contributed by atoms with Crippen LogP contribution in [-0.4, -0.2) is 29.8 Å². The molecule has 1 fully saturated rings. The van der Waals surface area contributed by atoms with Gasteiger partial charge >= 0.3 is 12.6 Å². The number of halogens is 2. The molecule has 1 saturated heterocycles. The molecule has 0 bridgehead atoms. The smallest absolute Gasteiger partial charge is 0.387 e. The van der Waals surface area contributed by atoms with Crippen molar-refractivity contribution < 1.29 is 23.1 Å². The van der Waals surface area contributed by atoms with Crippen LogP contribution >= 0.6 is 0 Å². The highest BCUT2D eigenvalue weighted by Gasteiger charge is 2.49. The molecule has 1 aliphatic heterocycles. The van der Waals surface area contributed by atoms with Crippen molar-refractivity contribution in [2.75, 3.05) is 0 Å². The summed E-state index contributed by atoms with van der Waals surface area (Å²) in [6.45, 7) is -1.41. The summed E-state index contributed by atoms with van der Waals surface area (Å²) in [5.74, 6) is -0.619. The molecule has 3 aromatic carbocycles. The van der Waals surface area contributed by atoms with Gasteiger partial charge in [0, 0.05) is 5.56 Å². The highest BCUT2D eigenvalue weighted by molar-refractivity contribution is 6.08. The van der Waals surface area contributed by atoms with Crippen LogP contribution in [0.1, 0.15) is 18.1 Å². The lowest BCUT2D eigenvalue weighted by Crippen LogP contribution is -2.40. The summed E-state index contributed by atoms with van der Waals surface area (Å²) in [5, 5.41) is 9.44. The van der Waals surface area contributed by atoms with E-state index in [9.17, 15) is 18.4 Å². The van der Waals surface area contributed by atoms with Crippen LogP contribution in [0.25, 0.3) is 10.8 Å². The Bertz CT molecular complexity index is 1140. The van der Waals surface area contributed by atoms with Crippen molar-refractivity contribution in [3.63, 3.8) is 0 Å². The minimum atomic E-state index is -2.95. The summed E-state index contributed by atoms with van der Waals surface area (Å²) in [6, 6.07) is 18.2. The number of nitrogens with one attached hydrogen (secondary N) is 1. The molecule has 1 unspecified atom stereocenters. The van der Waals surface area contributed by atoms with E-state index in [1.54, 1.807) is 0 Å². The number of benzene rings is 3. The largest absolute Gasteiger partial charge is 0.435 e. The van der Waals surface area contributed by atoms with Crippen LogP contribution < -0.4 is 10.1 Å². The van der Waals surface area contributed by atoms with E-state index in [1.165, 1.54) is 37.4 Å². The zero-order valence-corrected chi connectivity index (χ0v) is 15.9. The number of hydrazone groups is 1. The van der Waals surface area contributed by atoms with Gasteiger partial charge in [-0.15, -0.1) is 5.01 Å². The second-order valence-electron chi connectivity index (χ2n) is 6.89. The van der Waals surface area contributed by atoms with Gasteiger partial charge in [-0.25, -0.2) is 4.79 Å². The highest BCUT2D eigenvalue weighted by atomic mass is 19.3. The molecule has 1 N–H and O–H groups in total. The molecule has 6 nitrogen and oxygen atoms in total. The van der Waals surface area contributed by atoms with E-state index in [1.807, 2.05) is 42.5 Å². The molecule has 3 aromatic rings. The van der Waals surface area contributed by atoms with E-state index in [0.717, 1.165) is 21.3 Å². The number of rotatable bonds is 5. The number of amides is 3. The number of hydrogen-bond acceptors (Lipinski definition) is 4. The van der Waals surface area contributed by atoms with Crippen molar-refractivity contribution in [3.05, 3.63) is 77.9 Å². The zero-order valence-electron chi connectivity index (χ0n) is 15.9. The lowest BCUT2D eigenvalue weighted by molar-refractivity contribution is -0.131. The molecule has 0 saturated carbocycles. The molecule has 0 radical (unpaired) electrons. The lowest BCUT2D eigenvalue weighted by Gasteiger charge is -2.21. The quantitative estimate of drug-likeness (QED) is 0.506. The SMILES string of the molecule is CC1(c2ccc(OC(F)F)cc2)NC(=O)N(/N=C/c2cccc3ccccc23)C1=O. The number of nitrogens with zero attached hydrogens (tertiary/aromatic N) is 2. The van der Waals surface area contributed by atoms with Crippen molar-refractivity contribution >= 4 is 28.9 Å². The second kappa shape index (κ2) is 7.55. The van der Waals surface area contributed by atoms with E-state index in [2.05, 4.69) is 15.2 Å². The number of hydrogen-bond donors (Lipinski definition) is 1. The normalized spacial score (nSPS) is 19.1.